The number of nitrogens with one attached hydrogen (secondary N) is 1. The number of nitrogens with two attached hydrogens (primary N) is 1. The van der Waals surface area contributed by atoms with Crippen LogP contribution in [0.4, 0.5) is 0 Å². The lowest BCUT2D eigenvalue weighted by Gasteiger charge is -2.34. The lowest BCUT2D eigenvalue weighted by atomic mass is 9.76. The number of rotatable bonds is 3. The van der Waals surface area contributed by atoms with Crippen LogP contribution in [0.1, 0.15) is 57.6 Å². The van der Waals surface area contributed by atoms with Crippen molar-refractivity contribution < 1.29 is 0 Å². The third-order valence-corrected chi connectivity index (χ3v) is 3.89. The van der Waals surface area contributed by atoms with E-state index < -0.39 is 0 Å². The van der Waals surface area contributed by atoms with E-state index in [1.54, 1.807) is 0 Å². The lowest BCUT2D eigenvalue weighted by Crippen LogP contribution is -2.41. The predicted octanol–water partition coefficient (Wildman–Crippen LogP) is 2.12. The van der Waals surface area contributed by atoms with Gasteiger partial charge in [-0.05, 0) is 31.6 Å². The maximum atomic E-state index is 6.42. The second-order valence-corrected chi connectivity index (χ2v) is 4.97. The molecule has 0 radical (unpaired) electrons. The number of hydrogen-bond donors (Lipinski definition) is 2. The molecule has 3 N–H and O–H groups in total. The third kappa shape index (κ3) is 2.12. The molecule has 0 spiro atoms. The molecule has 1 saturated carbocycles. The molecule has 0 atom stereocenters. The summed E-state index contributed by atoms with van der Waals surface area (Å²) in [5.41, 5.74) is 6.14. The Balaban J connectivity index is 2.08. The summed E-state index contributed by atoms with van der Waals surface area (Å²) in [5.74, 6) is 2.61. The molecule has 16 heavy (non-hydrogen) atoms. The highest BCUT2D eigenvalue weighted by atomic mass is 15.2. The maximum Gasteiger partial charge on any atom is 0.170 e. The van der Waals surface area contributed by atoms with E-state index in [4.69, 9.17) is 5.73 Å². The van der Waals surface area contributed by atoms with Gasteiger partial charge in [-0.3, -0.25) is 5.10 Å². The summed E-state index contributed by atoms with van der Waals surface area (Å²) in [6.07, 6.45) is 6.62. The number of nitrogens with zero attached hydrogens (tertiary/aromatic N) is 2. The highest BCUT2D eigenvalue weighted by molar-refractivity contribution is 5.07. The molecular formula is C12H22N4. The Morgan fingerprint density at radius 3 is 2.56 bits per heavy atom. The summed E-state index contributed by atoms with van der Waals surface area (Å²) in [4.78, 5) is 4.48. The minimum absolute atomic E-state index is 0.282. The van der Waals surface area contributed by atoms with E-state index in [2.05, 4.69) is 29.0 Å². The normalized spacial score (nSPS) is 30.6. The van der Waals surface area contributed by atoms with Crippen molar-refractivity contribution in [2.45, 2.75) is 57.9 Å². The molecule has 1 aromatic rings. The van der Waals surface area contributed by atoms with Crippen LogP contribution < -0.4 is 5.73 Å². The zero-order chi connectivity index (χ0) is 11.6. The van der Waals surface area contributed by atoms with Gasteiger partial charge in [-0.2, -0.15) is 5.10 Å². The minimum Gasteiger partial charge on any atom is -0.319 e. The first kappa shape index (κ1) is 11.6. The molecule has 0 unspecified atom stereocenters. The van der Waals surface area contributed by atoms with Gasteiger partial charge in [-0.1, -0.05) is 20.3 Å². The zero-order valence-electron chi connectivity index (χ0n) is 10.3. The van der Waals surface area contributed by atoms with Crippen molar-refractivity contribution in [1.82, 2.24) is 15.2 Å². The lowest BCUT2D eigenvalue weighted by molar-refractivity contribution is 0.222. The monoisotopic (exact) mass is 222 g/mol. The standard InChI is InChI=1S/C12H22N4/c1-3-9-5-7-12(13,8-6-9)11-14-10(4-2)15-16-11/h9H,3-8,13H2,1-2H3,(H,14,15,16). The number of aryl methyl sites for hydroxylation is 1. The Morgan fingerprint density at radius 2 is 2.06 bits per heavy atom. The molecule has 0 saturated heterocycles. The second kappa shape index (κ2) is 4.53. The number of H-pyrrole nitrogens is 1. The fourth-order valence-corrected chi connectivity index (χ4v) is 2.50. The summed E-state index contributed by atoms with van der Waals surface area (Å²) in [6, 6.07) is 0. The van der Waals surface area contributed by atoms with Gasteiger partial charge < -0.3 is 5.73 Å². The van der Waals surface area contributed by atoms with Crippen molar-refractivity contribution in [3.05, 3.63) is 11.6 Å². The molecule has 1 fully saturated rings. The molecule has 0 aromatic carbocycles. The van der Waals surface area contributed by atoms with Gasteiger partial charge >= 0.3 is 0 Å². The van der Waals surface area contributed by atoms with Crippen LogP contribution in [0.5, 0.6) is 0 Å². The summed E-state index contributed by atoms with van der Waals surface area (Å²) < 4.78 is 0. The van der Waals surface area contributed by atoms with Crippen molar-refractivity contribution in [2.24, 2.45) is 11.7 Å². The van der Waals surface area contributed by atoms with Crippen LogP contribution in [0, 0.1) is 5.92 Å². The van der Waals surface area contributed by atoms with E-state index >= 15 is 0 Å². The largest absolute Gasteiger partial charge is 0.319 e. The molecule has 0 bridgehead atoms. The molecule has 90 valence electrons. The van der Waals surface area contributed by atoms with E-state index in [0.717, 1.165) is 36.8 Å². The van der Waals surface area contributed by atoms with Crippen molar-refractivity contribution in [1.29, 1.82) is 0 Å². The molecule has 0 amide bonds. The van der Waals surface area contributed by atoms with Crippen molar-refractivity contribution in [2.75, 3.05) is 0 Å². The van der Waals surface area contributed by atoms with Crippen LogP contribution in [0.3, 0.4) is 0 Å². The van der Waals surface area contributed by atoms with Crippen LogP contribution >= 0.6 is 0 Å². The van der Waals surface area contributed by atoms with E-state index in [1.165, 1.54) is 19.3 Å². The van der Waals surface area contributed by atoms with Crippen molar-refractivity contribution in [3.8, 4) is 0 Å². The number of hydrogen-bond acceptors (Lipinski definition) is 3. The molecule has 1 aliphatic rings. The Bertz CT molecular complexity index is 337. The Hall–Kier alpha value is -0.900. The molecule has 1 aromatic heterocycles. The fourth-order valence-electron chi connectivity index (χ4n) is 2.50. The van der Waals surface area contributed by atoms with E-state index in [9.17, 15) is 0 Å². The number of aromatic amines is 1. The van der Waals surface area contributed by atoms with Gasteiger partial charge in [-0.15, -0.1) is 0 Å². The van der Waals surface area contributed by atoms with Gasteiger partial charge in [-0.25, -0.2) is 4.98 Å². The quantitative estimate of drug-likeness (QED) is 0.823. The second-order valence-electron chi connectivity index (χ2n) is 4.97. The van der Waals surface area contributed by atoms with E-state index in [1.807, 2.05) is 0 Å². The van der Waals surface area contributed by atoms with Crippen LogP contribution in [-0.4, -0.2) is 15.2 Å². The van der Waals surface area contributed by atoms with Crippen LogP contribution in [0.2, 0.25) is 0 Å². The SMILES string of the molecule is CCc1nc(C2(N)CCC(CC)CC2)n[nH]1. The molecule has 1 heterocycles. The average Bonchev–Trinajstić information content (AvgIpc) is 2.79. The average molecular weight is 222 g/mol. The first-order valence-electron chi connectivity index (χ1n) is 6.38. The Labute approximate surface area is 97.0 Å². The summed E-state index contributed by atoms with van der Waals surface area (Å²) in [7, 11) is 0. The van der Waals surface area contributed by atoms with Gasteiger partial charge in [0, 0.05) is 6.42 Å². The zero-order valence-corrected chi connectivity index (χ0v) is 10.3. The van der Waals surface area contributed by atoms with Crippen LogP contribution in [-0.2, 0) is 12.0 Å². The summed E-state index contributed by atoms with van der Waals surface area (Å²) in [5, 5.41) is 7.23. The van der Waals surface area contributed by atoms with Crippen molar-refractivity contribution in [3.63, 3.8) is 0 Å². The van der Waals surface area contributed by atoms with Gasteiger partial charge in [0.1, 0.15) is 5.82 Å². The minimum atomic E-state index is -0.282. The topological polar surface area (TPSA) is 67.6 Å². The van der Waals surface area contributed by atoms with E-state index in [-0.39, 0.29) is 5.54 Å². The highest BCUT2D eigenvalue weighted by Gasteiger charge is 2.35. The molecule has 4 nitrogen and oxygen atoms in total. The Morgan fingerprint density at radius 1 is 1.38 bits per heavy atom. The molecule has 4 heteroatoms. The van der Waals surface area contributed by atoms with E-state index in [0.29, 0.717) is 0 Å². The molecular weight excluding hydrogens is 200 g/mol. The fraction of sp³-hybridized carbons (Fsp3) is 0.833. The maximum absolute atomic E-state index is 6.42. The van der Waals surface area contributed by atoms with Gasteiger partial charge in [0.25, 0.3) is 0 Å². The van der Waals surface area contributed by atoms with Crippen LogP contribution in [0.15, 0.2) is 0 Å². The van der Waals surface area contributed by atoms with Gasteiger partial charge in [0.05, 0.1) is 5.54 Å². The number of aromatic nitrogens is 3. The smallest absolute Gasteiger partial charge is 0.170 e. The summed E-state index contributed by atoms with van der Waals surface area (Å²) in [6.45, 7) is 4.33. The van der Waals surface area contributed by atoms with Gasteiger partial charge in [0.15, 0.2) is 5.82 Å². The van der Waals surface area contributed by atoms with Crippen LogP contribution in [0.25, 0.3) is 0 Å². The first-order chi connectivity index (χ1) is 7.68. The van der Waals surface area contributed by atoms with Crippen molar-refractivity contribution >= 4 is 0 Å². The highest BCUT2D eigenvalue weighted by Crippen LogP contribution is 2.37. The molecule has 1 aliphatic carbocycles. The summed E-state index contributed by atoms with van der Waals surface area (Å²) >= 11 is 0. The molecule has 0 aliphatic heterocycles. The van der Waals surface area contributed by atoms with Gasteiger partial charge in [0.2, 0.25) is 0 Å². The molecule has 2 rings (SSSR count). The Kier molecular flexibility index (Phi) is 3.28. The first-order valence-corrected chi connectivity index (χ1v) is 6.38. The predicted molar refractivity (Wildman–Crippen MR) is 63.9 cm³/mol. The third-order valence-electron chi connectivity index (χ3n) is 3.89.